The van der Waals surface area contributed by atoms with Gasteiger partial charge in [-0.2, -0.15) is 0 Å². The van der Waals surface area contributed by atoms with Crippen molar-refractivity contribution in [1.82, 2.24) is 0 Å². The van der Waals surface area contributed by atoms with Crippen molar-refractivity contribution in [1.29, 1.82) is 0 Å². The Morgan fingerprint density at radius 1 is 1.29 bits per heavy atom. The number of ether oxygens (including phenoxy) is 1. The molecule has 0 saturated heterocycles. The minimum absolute atomic E-state index is 0.154. The lowest BCUT2D eigenvalue weighted by atomic mass is 10.2. The fraction of sp³-hybridized carbons (Fsp3) is 0.188. The molecule has 0 heterocycles. The summed E-state index contributed by atoms with van der Waals surface area (Å²) >= 11 is 0. The zero-order valence-corrected chi connectivity index (χ0v) is 11.8. The highest BCUT2D eigenvalue weighted by Gasteiger charge is 2.05. The van der Waals surface area contributed by atoms with Gasteiger partial charge in [-0.3, -0.25) is 4.79 Å². The number of phenolic OH excluding ortho intramolecular Hbond substituents is 1. The third kappa shape index (κ3) is 4.14. The smallest absolute Gasteiger partial charge is 0.227 e. The summed E-state index contributed by atoms with van der Waals surface area (Å²) in [5.41, 5.74) is 7.60. The normalized spacial score (nSPS) is 10.1. The average molecular weight is 286 g/mol. The topological polar surface area (TPSA) is 84.6 Å². The van der Waals surface area contributed by atoms with Crippen LogP contribution < -0.4 is 15.8 Å². The zero-order chi connectivity index (χ0) is 15.2. The number of para-hydroxylation sites is 2. The summed E-state index contributed by atoms with van der Waals surface area (Å²) in [6, 6.07) is 12.1. The van der Waals surface area contributed by atoms with Crippen molar-refractivity contribution in [2.75, 3.05) is 17.7 Å². The Morgan fingerprint density at radius 3 is 2.76 bits per heavy atom. The van der Waals surface area contributed by atoms with Crippen molar-refractivity contribution in [3.63, 3.8) is 0 Å². The number of hydrogen-bond acceptors (Lipinski definition) is 4. The summed E-state index contributed by atoms with van der Waals surface area (Å²) in [4.78, 5) is 11.8. The molecule has 0 aliphatic carbocycles. The van der Waals surface area contributed by atoms with Crippen LogP contribution in [0.2, 0.25) is 0 Å². The number of phenols is 1. The highest BCUT2D eigenvalue weighted by molar-refractivity contribution is 5.91. The van der Waals surface area contributed by atoms with E-state index in [1.165, 1.54) is 6.07 Å². The molecule has 0 aromatic heterocycles. The first-order chi connectivity index (χ1) is 10.1. The molecule has 0 fully saturated rings. The predicted octanol–water partition coefficient (Wildman–Crippen LogP) is 2.69. The highest BCUT2D eigenvalue weighted by Crippen LogP contribution is 2.21. The molecule has 2 aromatic rings. The number of aromatic hydroxyl groups is 1. The van der Waals surface area contributed by atoms with E-state index in [1.54, 1.807) is 31.2 Å². The van der Waals surface area contributed by atoms with Crippen molar-refractivity contribution < 1.29 is 14.6 Å². The summed E-state index contributed by atoms with van der Waals surface area (Å²) in [5.74, 6) is 0.534. The molecule has 0 saturated carbocycles. The van der Waals surface area contributed by atoms with E-state index in [0.29, 0.717) is 17.1 Å². The lowest BCUT2D eigenvalue weighted by Gasteiger charge is -2.09. The summed E-state index contributed by atoms with van der Waals surface area (Å²) in [5, 5.41) is 12.3. The molecule has 1 amide bonds. The number of aryl methyl sites for hydroxylation is 1. The van der Waals surface area contributed by atoms with Crippen molar-refractivity contribution in [3.05, 3.63) is 48.0 Å². The van der Waals surface area contributed by atoms with Gasteiger partial charge >= 0.3 is 0 Å². The number of carbonyl (C=O) groups excluding carboxylic acids is 1. The predicted molar refractivity (Wildman–Crippen MR) is 82.4 cm³/mol. The first-order valence-electron chi connectivity index (χ1n) is 6.63. The van der Waals surface area contributed by atoms with Crippen LogP contribution in [0.25, 0.3) is 0 Å². The molecular weight excluding hydrogens is 268 g/mol. The SMILES string of the molecule is Cc1ccc(NC(=O)CCOc2ccccc2N)cc1O. The third-order valence-corrected chi connectivity index (χ3v) is 3.00. The van der Waals surface area contributed by atoms with E-state index in [4.69, 9.17) is 10.5 Å². The minimum atomic E-state index is -0.187. The van der Waals surface area contributed by atoms with Gasteiger partial charge < -0.3 is 20.9 Å². The second-order valence-electron chi connectivity index (χ2n) is 4.69. The molecule has 110 valence electrons. The second kappa shape index (κ2) is 6.65. The quantitative estimate of drug-likeness (QED) is 0.738. The van der Waals surface area contributed by atoms with Gasteiger partial charge in [-0.25, -0.2) is 0 Å². The Balaban J connectivity index is 1.82. The molecule has 0 aliphatic heterocycles. The molecule has 4 N–H and O–H groups in total. The van der Waals surface area contributed by atoms with Gasteiger partial charge in [0.05, 0.1) is 18.7 Å². The van der Waals surface area contributed by atoms with Crippen LogP contribution in [0.15, 0.2) is 42.5 Å². The molecule has 0 atom stereocenters. The summed E-state index contributed by atoms with van der Waals surface area (Å²) in [6.07, 6.45) is 0.197. The van der Waals surface area contributed by atoms with Crippen LogP contribution in [0.5, 0.6) is 11.5 Å². The Kier molecular flexibility index (Phi) is 4.66. The molecule has 0 bridgehead atoms. The van der Waals surface area contributed by atoms with Gasteiger partial charge in [0.2, 0.25) is 5.91 Å². The van der Waals surface area contributed by atoms with Crippen LogP contribution in [-0.4, -0.2) is 17.6 Å². The van der Waals surface area contributed by atoms with Gasteiger partial charge in [-0.1, -0.05) is 18.2 Å². The molecule has 5 heteroatoms. The van der Waals surface area contributed by atoms with Crippen molar-refractivity contribution in [3.8, 4) is 11.5 Å². The van der Waals surface area contributed by atoms with Crippen LogP contribution in [0.1, 0.15) is 12.0 Å². The largest absolute Gasteiger partial charge is 0.508 e. The molecule has 0 radical (unpaired) electrons. The average Bonchev–Trinajstić information content (AvgIpc) is 2.45. The Morgan fingerprint density at radius 2 is 2.05 bits per heavy atom. The zero-order valence-electron chi connectivity index (χ0n) is 11.8. The van der Waals surface area contributed by atoms with Crippen LogP contribution in [0, 0.1) is 6.92 Å². The van der Waals surface area contributed by atoms with Gasteiger partial charge in [0.25, 0.3) is 0 Å². The fourth-order valence-corrected chi connectivity index (χ4v) is 1.78. The minimum Gasteiger partial charge on any atom is -0.508 e. The monoisotopic (exact) mass is 286 g/mol. The van der Waals surface area contributed by atoms with E-state index in [0.717, 1.165) is 5.56 Å². The van der Waals surface area contributed by atoms with Crippen LogP contribution >= 0.6 is 0 Å². The molecule has 0 aliphatic rings. The maximum absolute atomic E-state index is 11.8. The number of hydrogen-bond donors (Lipinski definition) is 3. The third-order valence-electron chi connectivity index (χ3n) is 3.00. The summed E-state index contributed by atoms with van der Waals surface area (Å²) in [6.45, 7) is 2.02. The number of nitrogens with two attached hydrogens (primary N) is 1. The van der Waals surface area contributed by atoms with E-state index >= 15 is 0 Å². The molecule has 0 spiro atoms. The molecule has 2 rings (SSSR count). The van der Waals surface area contributed by atoms with E-state index in [1.807, 2.05) is 12.1 Å². The van der Waals surface area contributed by atoms with E-state index < -0.39 is 0 Å². The fourth-order valence-electron chi connectivity index (χ4n) is 1.78. The maximum atomic E-state index is 11.8. The Bertz CT molecular complexity index is 641. The summed E-state index contributed by atoms with van der Waals surface area (Å²) < 4.78 is 5.45. The number of amides is 1. The molecule has 5 nitrogen and oxygen atoms in total. The number of carbonyl (C=O) groups is 1. The maximum Gasteiger partial charge on any atom is 0.227 e. The molecule has 0 unspecified atom stereocenters. The Labute approximate surface area is 123 Å². The number of nitrogen functional groups attached to an aromatic ring is 1. The van der Waals surface area contributed by atoms with E-state index in [-0.39, 0.29) is 24.7 Å². The van der Waals surface area contributed by atoms with Crippen LogP contribution in [0.3, 0.4) is 0 Å². The first kappa shape index (κ1) is 14.7. The number of anilines is 2. The standard InChI is InChI=1S/C16H18N2O3/c1-11-6-7-12(10-14(11)19)18-16(20)8-9-21-15-5-3-2-4-13(15)17/h2-7,10,19H,8-9,17H2,1H3,(H,18,20). The van der Waals surface area contributed by atoms with Gasteiger partial charge in [-0.05, 0) is 30.7 Å². The van der Waals surface area contributed by atoms with Gasteiger partial charge in [0, 0.05) is 11.8 Å². The van der Waals surface area contributed by atoms with Crippen molar-refractivity contribution in [2.45, 2.75) is 13.3 Å². The number of nitrogens with one attached hydrogen (secondary N) is 1. The van der Waals surface area contributed by atoms with Crippen molar-refractivity contribution >= 4 is 17.3 Å². The lowest BCUT2D eigenvalue weighted by molar-refractivity contribution is -0.116. The first-order valence-corrected chi connectivity index (χ1v) is 6.63. The molecule has 2 aromatic carbocycles. The van der Waals surface area contributed by atoms with Gasteiger partial charge in [-0.15, -0.1) is 0 Å². The van der Waals surface area contributed by atoms with Crippen LogP contribution in [0.4, 0.5) is 11.4 Å². The summed E-state index contributed by atoms with van der Waals surface area (Å²) in [7, 11) is 0. The second-order valence-corrected chi connectivity index (χ2v) is 4.69. The van der Waals surface area contributed by atoms with Gasteiger partial charge in [0.15, 0.2) is 0 Å². The van der Waals surface area contributed by atoms with E-state index in [9.17, 15) is 9.90 Å². The van der Waals surface area contributed by atoms with E-state index in [2.05, 4.69) is 5.32 Å². The van der Waals surface area contributed by atoms with Crippen molar-refractivity contribution in [2.24, 2.45) is 0 Å². The van der Waals surface area contributed by atoms with Crippen LogP contribution in [-0.2, 0) is 4.79 Å². The number of benzene rings is 2. The highest BCUT2D eigenvalue weighted by atomic mass is 16.5. The number of rotatable bonds is 5. The molecule has 21 heavy (non-hydrogen) atoms. The van der Waals surface area contributed by atoms with Gasteiger partial charge in [0.1, 0.15) is 11.5 Å². The molecular formula is C16H18N2O3. The Hall–Kier alpha value is -2.69. The lowest BCUT2D eigenvalue weighted by Crippen LogP contribution is -2.15.